The molecule has 0 aliphatic heterocycles. The summed E-state index contributed by atoms with van der Waals surface area (Å²) in [6, 6.07) is -0.141. The summed E-state index contributed by atoms with van der Waals surface area (Å²) in [6.07, 6.45) is 11.4. The van der Waals surface area contributed by atoms with Gasteiger partial charge in [-0.25, -0.2) is 0 Å². The maximum absolute atomic E-state index is 11.9. The normalized spacial score (nSPS) is 12.6. The van der Waals surface area contributed by atoms with Gasteiger partial charge in [0, 0.05) is 12.5 Å². The Balaban J connectivity index is 4.05. The van der Waals surface area contributed by atoms with Crippen LogP contribution in [0.5, 0.6) is 0 Å². The first-order valence-corrected chi connectivity index (χ1v) is 8.50. The number of carbonyl (C=O) groups excluding carboxylic acids is 2. The average molecular weight is 311 g/mol. The summed E-state index contributed by atoms with van der Waals surface area (Å²) >= 11 is 0. The van der Waals surface area contributed by atoms with Crippen molar-refractivity contribution in [2.75, 3.05) is 7.11 Å². The number of methoxy groups -OCH3 is 1. The second kappa shape index (κ2) is 13.4. The van der Waals surface area contributed by atoms with Crippen LogP contribution < -0.4 is 5.32 Å². The predicted octanol–water partition coefficient (Wildman–Crippen LogP) is 4.00. The molecule has 0 aromatic carbocycles. The van der Waals surface area contributed by atoms with E-state index in [1.54, 1.807) is 0 Å². The zero-order valence-electron chi connectivity index (χ0n) is 14.7. The quantitative estimate of drug-likeness (QED) is 0.337. The van der Waals surface area contributed by atoms with Crippen molar-refractivity contribution >= 4 is 11.9 Å². The molecule has 0 saturated heterocycles. The van der Waals surface area contributed by atoms with Gasteiger partial charge in [0.15, 0.2) is 0 Å². The molecule has 0 unspecified atom stereocenters. The Morgan fingerprint density at radius 3 is 2.45 bits per heavy atom. The van der Waals surface area contributed by atoms with Gasteiger partial charge < -0.3 is 10.1 Å². The fourth-order valence-electron chi connectivity index (χ4n) is 2.33. The lowest BCUT2D eigenvalue weighted by atomic mass is 10.0. The van der Waals surface area contributed by atoms with Crippen LogP contribution >= 0.6 is 0 Å². The van der Waals surface area contributed by atoms with E-state index >= 15 is 0 Å². The van der Waals surface area contributed by atoms with Gasteiger partial charge in [0.05, 0.1) is 13.5 Å². The van der Waals surface area contributed by atoms with E-state index < -0.39 is 0 Å². The third-order valence-corrected chi connectivity index (χ3v) is 3.46. The Hall–Kier alpha value is -1.32. The van der Waals surface area contributed by atoms with Crippen molar-refractivity contribution in [1.82, 2.24) is 5.32 Å². The van der Waals surface area contributed by atoms with Crippen molar-refractivity contribution in [3.63, 3.8) is 0 Å². The molecular formula is C18H33NO3. The van der Waals surface area contributed by atoms with Gasteiger partial charge in [-0.3, -0.25) is 9.59 Å². The summed E-state index contributed by atoms with van der Waals surface area (Å²) in [5.74, 6) is 0.112. The molecule has 0 aromatic heterocycles. The molecule has 0 saturated carbocycles. The number of rotatable bonds is 12. The number of carbonyl (C=O) groups is 2. The minimum absolute atomic E-state index is 0.0284. The number of ether oxygens (including phenoxy) is 1. The van der Waals surface area contributed by atoms with E-state index in [1.165, 1.54) is 32.8 Å². The fourth-order valence-corrected chi connectivity index (χ4v) is 2.33. The molecule has 1 N–H and O–H groups in total. The van der Waals surface area contributed by atoms with Crippen LogP contribution in [0, 0.1) is 5.92 Å². The van der Waals surface area contributed by atoms with E-state index in [0.29, 0.717) is 12.3 Å². The predicted molar refractivity (Wildman–Crippen MR) is 90.5 cm³/mol. The minimum atomic E-state index is -0.280. The Kier molecular flexibility index (Phi) is 12.5. The van der Waals surface area contributed by atoms with Gasteiger partial charge in [0.25, 0.3) is 0 Å². The third-order valence-electron chi connectivity index (χ3n) is 3.46. The molecule has 0 fully saturated rings. The van der Waals surface area contributed by atoms with Gasteiger partial charge in [-0.05, 0) is 25.2 Å². The maximum atomic E-state index is 11.9. The molecule has 0 aliphatic rings. The molecule has 128 valence electrons. The summed E-state index contributed by atoms with van der Waals surface area (Å²) in [6.45, 7) is 6.35. The molecule has 0 aromatic rings. The van der Waals surface area contributed by atoms with Gasteiger partial charge in [-0.1, -0.05) is 52.2 Å². The number of hydrogen-bond donors (Lipinski definition) is 1. The molecule has 1 amide bonds. The fraction of sp³-hybridized carbons (Fsp3) is 0.778. The Morgan fingerprint density at radius 2 is 1.86 bits per heavy atom. The topological polar surface area (TPSA) is 55.4 Å². The van der Waals surface area contributed by atoms with Gasteiger partial charge in [0.2, 0.25) is 5.91 Å². The van der Waals surface area contributed by atoms with Gasteiger partial charge >= 0.3 is 5.97 Å². The summed E-state index contributed by atoms with van der Waals surface area (Å²) in [5, 5.41) is 2.93. The average Bonchev–Trinajstić information content (AvgIpc) is 2.45. The Morgan fingerprint density at radius 1 is 1.14 bits per heavy atom. The highest BCUT2D eigenvalue weighted by atomic mass is 16.5. The van der Waals surface area contributed by atoms with Crippen LogP contribution in [-0.4, -0.2) is 25.0 Å². The van der Waals surface area contributed by atoms with E-state index in [-0.39, 0.29) is 24.3 Å². The molecule has 4 nitrogen and oxygen atoms in total. The van der Waals surface area contributed by atoms with E-state index in [0.717, 1.165) is 12.8 Å². The van der Waals surface area contributed by atoms with Crippen LogP contribution in [0.2, 0.25) is 0 Å². The van der Waals surface area contributed by atoms with Crippen LogP contribution in [0.1, 0.15) is 72.1 Å². The molecule has 0 heterocycles. The van der Waals surface area contributed by atoms with Crippen molar-refractivity contribution in [2.24, 2.45) is 5.92 Å². The molecule has 22 heavy (non-hydrogen) atoms. The second-order valence-electron chi connectivity index (χ2n) is 6.20. The lowest BCUT2D eigenvalue weighted by molar-refractivity contribution is -0.141. The third kappa shape index (κ3) is 12.4. The zero-order chi connectivity index (χ0) is 16.8. The van der Waals surface area contributed by atoms with E-state index in [9.17, 15) is 9.59 Å². The SMILES string of the molecule is CCCCCCC=CCC(=O)N[C@@H](CC(=O)OC)CC(C)C. The lowest BCUT2D eigenvalue weighted by Gasteiger charge is -2.19. The van der Waals surface area contributed by atoms with Crippen LogP contribution in [0.4, 0.5) is 0 Å². The van der Waals surface area contributed by atoms with E-state index in [2.05, 4.69) is 36.9 Å². The van der Waals surface area contributed by atoms with Crippen molar-refractivity contribution in [1.29, 1.82) is 0 Å². The molecule has 0 rings (SSSR count). The van der Waals surface area contributed by atoms with Crippen LogP contribution in [-0.2, 0) is 14.3 Å². The van der Waals surface area contributed by atoms with Gasteiger partial charge in [-0.2, -0.15) is 0 Å². The number of allylic oxidation sites excluding steroid dienone is 1. The standard InChI is InChI=1S/C18H33NO3/c1-5-6-7-8-9-10-11-12-17(20)19-16(13-15(2)3)14-18(21)22-4/h10-11,15-16H,5-9,12-14H2,1-4H3,(H,19,20)/t16-/m1/s1. The monoisotopic (exact) mass is 311 g/mol. The highest BCUT2D eigenvalue weighted by Gasteiger charge is 2.17. The zero-order valence-corrected chi connectivity index (χ0v) is 14.7. The number of amides is 1. The summed E-state index contributed by atoms with van der Waals surface area (Å²) in [7, 11) is 1.37. The minimum Gasteiger partial charge on any atom is -0.469 e. The molecule has 4 heteroatoms. The van der Waals surface area contributed by atoms with Crippen molar-refractivity contribution < 1.29 is 14.3 Å². The van der Waals surface area contributed by atoms with Gasteiger partial charge in [-0.15, -0.1) is 0 Å². The number of unbranched alkanes of at least 4 members (excludes halogenated alkanes) is 4. The molecular weight excluding hydrogens is 278 g/mol. The highest BCUT2D eigenvalue weighted by molar-refractivity contribution is 5.78. The maximum Gasteiger partial charge on any atom is 0.307 e. The van der Waals surface area contributed by atoms with Crippen LogP contribution in [0.25, 0.3) is 0 Å². The summed E-state index contributed by atoms with van der Waals surface area (Å²) in [4.78, 5) is 23.3. The Labute approximate surface area is 135 Å². The van der Waals surface area contributed by atoms with Crippen molar-refractivity contribution in [3.8, 4) is 0 Å². The molecule has 0 aliphatic carbocycles. The Bertz CT molecular complexity index is 337. The van der Waals surface area contributed by atoms with Crippen molar-refractivity contribution in [3.05, 3.63) is 12.2 Å². The van der Waals surface area contributed by atoms with E-state index in [1.807, 2.05) is 6.08 Å². The number of nitrogens with one attached hydrogen (secondary N) is 1. The molecule has 0 radical (unpaired) electrons. The largest absolute Gasteiger partial charge is 0.469 e. The number of esters is 1. The molecule has 1 atom stereocenters. The van der Waals surface area contributed by atoms with Gasteiger partial charge in [0.1, 0.15) is 0 Å². The first-order chi connectivity index (χ1) is 10.5. The smallest absolute Gasteiger partial charge is 0.307 e. The van der Waals surface area contributed by atoms with Crippen LogP contribution in [0.15, 0.2) is 12.2 Å². The van der Waals surface area contributed by atoms with E-state index in [4.69, 9.17) is 0 Å². The first-order valence-electron chi connectivity index (χ1n) is 8.50. The van der Waals surface area contributed by atoms with Crippen LogP contribution in [0.3, 0.4) is 0 Å². The lowest BCUT2D eigenvalue weighted by Crippen LogP contribution is -2.37. The molecule has 0 spiro atoms. The summed E-state index contributed by atoms with van der Waals surface area (Å²) < 4.78 is 4.68. The molecule has 0 bridgehead atoms. The van der Waals surface area contributed by atoms with Crippen molar-refractivity contribution in [2.45, 2.75) is 78.2 Å². The summed E-state index contributed by atoms with van der Waals surface area (Å²) in [5.41, 5.74) is 0. The second-order valence-corrected chi connectivity index (χ2v) is 6.20. The highest BCUT2D eigenvalue weighted by Crippen LogP contribution is 2.09. The first kappa shape index (κ1) is 20.7. The number of hydrogen-bond acceptors (Lipinski definition) is 3.